The van der Waals surface area contributed by atoms with E-state index in [9.17, 15) is 9.59 Å². The average Bonchev–Trinajstić information content (AvgIpc) is 2.69. The molecule has 4 rings (SSSR count). The molecule has 140 valence electrons. The first-order valence-corrected chi connectivity index (χ1v) is 9.40. The van der Waals surface area contributed by atoms with Crippen molar-refractivity contribution in [3.05, 3.63) is 65.7 Å². The minimum absolute atomic E-state index is 0.258. The van der Waals surface area contributed by atoms with Crippen molar-refractivity contribution in [1.29, 1.82) is 0 Å². The zero-order chi connectivity index (χ0) is 18.7. The topological polar surface area (TPSA) is 64.6 Å². The van der Waals surface area contributed by atoms with Crippen molar-refractivity contribution in [2.24, 2.45) is 5.92 Å². The summed E-state index contributed by atoms with van der Waals surface area (Å²) in [5, 5.41) is 3.07. The normalized spacial score (nSPS) is 19.8. The summed E-state index contributed by atoms with van der Waals surface area (Å²) in [6.07, 6.45) is 3.46. The minimum atomic E-state index is -0.387. The largest absolute Gasteiger partial charge is 0.492 e. The summed E-state index contributed by atoms with van der Waals surface area (Å²) < 4.78 is 10.9. The first-order chi connectivity index (χ1) is 13.2. The van der Waals surface area contributed by atoms with Gasteiger partial charge >= 0.3 is 5.97 Å². The molecular weight excluding hydrogens is 342 g/mol. The van der Waals surface area contributed by atoms with E-state index in [-0.39, 0.29) is 36.5 Å². The van der Waals surface area contributed by atoms with E-state index in [0.717, 1.165) is 36.1 Å². The third kappa shape index (κ3) is 3.68. The highest BCUT2D eigenvalue weighted by atomic mass is 16.5. The van der Waals surface area contributed by atoms with E-state index in [0.29, 0.717) is 6.42 Å². The number of amides is 1. The van der Waals surface area contributed by atoms with Gasteiger partial charge in [0.1, 0.15) is 12.4 Å². The minimum Gasteiger partial charge on any atom is -0.492 e. The summed E-state index contributed by atoms with van der Waals surface area (Å²) in [4.78, 5) is 24.7. The Morgan fingerprint density at radius 2 is 1.81 bits per heavy atom. The van der Waals surface area contributed by atoms with Crippen molar-refractivity contribution in [2.75, 3.05) is 13.2 Å². The standard InChI is InChI=1S/C22H23NO4/c24-20(23-22(11-6-12-22)18-8-2-1-3-9-18)15-27-21(25)17-13-16-7-4-5-10-19(16)26-14-17/h1-5,7-10,17H,6,11-15H2,(H,23,24)/t17-/m0/s1. The van der Waals surface area contributed by atoms with Gasteiger partial charge in [-0.3, -0.25) is 9.59 Å². The van der Waals surface area contributed by atoms with Crippen LogP contribution in [0.3, 0.4) is 0 Å². The van der Waals surface area contributed by atoms with Crippen LogP contribution in [0.15, 0.2) is 54.6 Å². The van der Waals surface area contributed by atoms with Gasteiger partial charge in [0.15, 0.2) is 6.61 Å². The predicted octanol–water partition coefficient (Wildman–Crippen LogP) is 2.98. The molecule has 1 N–H and O–H groups in total. The van der Waals surface area contributed by atoms with E-state index in [1.54, 1.807) is 0 Å². The molecule has 0 aromatic heterocycles. The molecule has 27 heavy (non-hydrogen) atoms. The van der Waals surface area contributed by atoms with Crippen LogP contribution in [0.5, 0.6) is 5.75 Å². The lowest BCUT2D eigenvalue weighted by molar-refractivity contribution is -0.154. The van der Waals surface area contributed by atoms with E-state index in [1.165, 1.54) is 0 Å². The number of nitrogens with one attached hydrogen (secondary N) is 1. The second-order valence-electron chi connectivity index (χ2n) is 7.28. The lowest BCUT2D eigenvalue weighted by Gasteiger charge is -2.43. The van der Waals surface area contributed by atoms with Crippen LogP contribution in [0.4, 0.5) is 0 Å². The second-order valence-corrected chi connectivity index (χ2v) is 7.28. The van der Waals surface area contributed by atoms with Gasteiger partial charge in [-0.15, -0.1) is 0 Å². The predicted molar refractivity (Wildman–Crippen MR) is 100 cm³/mol. The highest BCUT2D eigenvalue weighted by molar-refractivity contribution is 5.82. The number of hydrogen-bond donors (Lipinski definition) is 1. The molecule has 1 saturated carbocycles. The molecule has 2 aromatic carbocycles. The van der Waals surface area contributed by atoms with Crippen LogP contribution < -0.4 is 10.1 Å². The van der Waals surface area contributed by atoms with Crippen LogP contribution in [-0.2, 0) is 26.3 Å². The molecule has 0 radical (unpaired) electrons. The van der Waals surface area contributed by atoms with Gasteiger partial charge < -0.3 is 14.8 Å². The first-order valence-electron chi connectivity index (χ1n) is 9.40. The number of carbonyl (C=O) groups is 2. The summed E-state index contributed by atoms with van der Waals surface area (Å²) in [6.45, 7) is 0.0248. The molecule has 0 bridgehead atoms. The number of benzene rings is 2. The summed E-state index contributed by atoms with van der Waals surface area (Å²) in [6, 6.07) is 17.6. The Balaban J connectivity index is 1.31. The van der Waals surface area contributed by atoms with E-state index in [2.05, 4.69) is 5.32 Å². The quantitative estimate of drug-likeness (QED) is 0.828. The number of rotatable bonds is 5. The van der Waals surface area contributed by atoms with Gasteiger partial charge in [0.05, 0.1) is 11.5 Å². The van der Waals surface area contributed by atoms with E-state index in [4.69, 9.17) is 9.47 Å². The molecule has 5 heteroatoms. The Bertz CT molecular complexity index is 829. The summed E-state index contributed by atoms with van der Waals surface area (Å²) in [5.74, 6) is -0.209. The zero-order valence-electron chi connectivity index (χ0n) is 15.1. The van der Waals surface area contributed by atoms with Gasteiger partial charge in [-0.25, -0.2) is 0 Å². The van der Waals surface area contributed by atoms with Crippen molar-refractivity contribution in [3.63, 3.8) is 0 Å². The van der Waals surface area contributed by atoms with Crippen LogP contribution in [-0.4, -0.2) is 25.1 Å². The molecule has 1 fully saturated rings. The van der Waals surface area contributed by atoms with Crippen molar-refractivity contribution in [1.82, 2.24) is 5.32 Å². The number of esters is 1. The average molecular weight is 365 g/mol. The lowest BCUT2D eigenvalue weighted by Crippen LogP contribution is -2.52. The smallest absolute Gasteiger partial charge is 0.313 e. The monoisotopic (exact) mass is 365 g/mol. The molecule has 1 atom stereocenters. The SMILES string of the molecule is O=C(COC(=O)[C@@H]1COc2ccccc2C1)NC1(c2ccccc2)CCC1. The van der Waals surface area contributed by atoms with Gasteiger partial charge in [-0.1, -0.05) is 48.5 Å². The third-order valence-corrected chi connectivity index (χ3v) is 5.47. The molecule has 2 aliphatic rings. The van der Waals surface area contributed by atoms with Crippen LogP contribution in [0.25, 0.3) is 0 Å². The van der Waals surface area contributed by atoms with Gasteiger partial charge in [0.2, 0.25) is 0 Å². The summed E-state index contributed by atoms with van der Waals surface area (Å²) in [7, 11) is 0. The number of para-hydroxylation sites is 1. The number of carbonyl (C=O) groups excluding carboxylic acids is 2. The van der Waals surface area contributed by atoms with Crippen LogP contribution in [0.1, 0.15) is 30.4 Å². The molecule has 1 amide bonds. The van der Waals surface area contributed by atoms with Crippen molar-refractivity contribution < 1.29 is 19.1 Å². The van der Waals surface area contributed by atoms with E-state index >= 15 is 0 Å². The Morgan fingerprint density at radius 1 is 1.07 bits per heavy atom. The van der Waals surface area contributed by atoms with Gasteiger partial charge in [-0.2, -0.15) is 0 Å². The van der Waals surface area contributed by atoms with Crippen LogP contribution in [0.2, 0.25) is 0 Å². The Hall–Kier alpha value is -2.82. The van der Waals surface area contributed by atoms with Gasteiger partial charge in [0, 0.05) is 0 Å². The third-order valence-electron chi connectivity index (χ3n) is 5.47. The van der Waals surface area contributed by atoms with E-state index < -0.39 is 0 Å². The maximum Gasteiger partial charge on any atom is 0.313 e. The van der Waals surface area contributed by atoms with E-state index in [1.807, 2.05) is 54.6 Å². The molecule has 0 spiro atoms. The Kier molecular flexibility index (Phi) is 4.84. The number of fused-ring (bicyclic) bond motifs is 1. The van der Waals surface area contributed by atoms with Crippen molar-refractivity contribution in [2.45, 2.75) is 31.2 Å². The maximum atomic E-state index is 12.4. The fourth-order valence-electron chi connectivity index (χ4n) is 3.81. The van der Waals surface area contributed by atoms with Crippen molar-refractivity contribution in [3.8, 4) is 5.75 Å². The Morgan fingerprint density at radius 3 is 2.56 bits per heavy atom. The second kappa shape index (κ2) is 7.43. The fourth-order valence-corrected chi connectivity index (χ4v) is 3.81. The zero-order valence-corrected chi connectivity index (χ0v) is 15.1. The van der Waals surface area contributed by atoms with Gasteiger partial charge in [-0.05, 0) is 42.9 Å². The summed E-state index contributed by atoms with van der Waals surface area (Å²) in [5.41, 5.74) is 1.78. The van der Waals surface area contributed by atoms with Crippen LogP contribution >= 0.6 is 0 Å². The number of hydrogen-bond acceptors (Lipinski definition) is 4. The van der Waals surface area contributed by atoms with Crippen LogP contribution in [0, 0.1) is 5.92 Å². The molecule has 1 aliphatic carbocycles. The molecule has 0 unspecified atom stereocenters. The lowest BCUT2D eigenvalue weighted by atomic mass is 9.72. The molecule has 0 saturated heterocycles. The highest BCUT2D eigenvalue weighted by Crippen LogP contribution is 2.41. The first kappa shape index (κ1) is 17.6. The fraction of sp³-hybridized carbons (Fsp3) is 0.364. The Labute approximate surface area is 158 Å². The van der Waals surface area contributed by atoms with Crippen molar-refractivity contribution >= 4 is 11.9 Å². The number of ether oxygens (including phenoxy) is 2. The van der Waals surface area contributed by atoms with Gasteiger partial charge in [0.25, 0.3) is 5.91 Å². The molecule has 1 heterocycles. The summed E-state index contributed by atoms with van der Waals surface area (Å²) >= 11 is 0. The molecular formula is C22H23NO4. The maximum absolute atomic E-state index is 12.4. The highest BCUT2D eigenvalue weighted by Gasteiger charge is 2.40. The molecule has 5 nitrogen and oxygen atoms in total. The molecule has 2 aromatic rings. The molecule has 1 aliphatic heterocycles.